The van der Waals surface area contributed by atoms with Gasteiger partial charge in [0.15, 0.2) is 0 Å². The molecule has 13 heteroatoms. The lowest BCUT2D eigenvalue weighted by molar-refractivity contribution is 0.0532. The van der Waals surface area contributed by atoms with Crippen molar-refractivity contribution in [2.75, 3.05) is 24.6 Å². The summed E-state index contributed by atoms with van der Waals surface area (Å²) in [7, 11) is 0. The molecule has 11 nitrogen and oxygen atoms in total. The number of rotatable bonds is 7. The number of benzene rings is 3. The molecule has 2 aliphatic rings. The van der Waals surface area contributed by atoms with Crippen LogP contribution in [0.5, 0.6) is 0 Å². The summed E-state index contributed by atoms with van der Waals surface area (Å²) < 4.78 is 9.47. The number of hydrogen-bond donors (Lipinski definition) is 1. The van der Waals surface area contributed by atoms with Gasteiger partial charge in [-0.25, -0.2) is 14.8 Å². The minimum absolute atomic E-state index is 0.0555. The van der Waals surface area contributed by atoms with E-state index in [9.17, 15) is 14.4 Å². The van der Waals surface area contributed by atoms with E-state index in [1.165, 1.54) is 10.9 Å². The molecule has 0 bridgehead atoms. The van der Waals surface area contributed by atoms with E-state index in [1.54, 1.807) is 33.9 Å². The minimum Gasteiger partial charge on any atom is -0.375 e. The SMILES string of the molecule is C[C@@H]1CN(c2ccc(-n3c(C(=O)NCc4ccccc4-c4ccncn4)c4n(c3=O)C[C@@H](C)N(C(=O)c3ccc(Br)c(Cl)c3)C4)cc2)CCO1. The van der Waals surface area contributed by atoms with E-state index >= 15 is 0 Å². The molecule has 4 heterocycles. The Kier molecular flexibility index (Phi) is 9.58. The van der Waals surface area contributed by atoms with Gasteiger partial charge in [0.25, 0.3) is 11.8 Å². The maximum Gasteiger partial charge on any atom is 0.333 e. The van der Waals surface area contributed by atoms with Gasteiger partial charge >= 0.3 is 5.69 Å². The van der Waals surface area contributed by atoms with Crippen LogP contribution in [0.3, 0.4) is 0 Å². The Labute approximate surface area is 302 Å². The van der Waals surface area contributed by atoms with Crippen molar-refractivity contribution in [3.8, 4) is 16.9 Å². The van der Waals surface area contributed by atoms with E-state index in [2.05, 4.69) is 36.1 Å². The Morgan fingerprint density at radius 2 is 1.80 bits per heavy atom. The lowest BCUT2D eigenvalue weighted by Gasteiger charge is -2.34. The van der Waals surface area contributed by atoms with Gasteiger partial charge in [0.1, 0.15) is 12.0 Å². The molecule has 0 spiro atoms. The molecule has 5 aromatic rings. The van der Waals surface area contributed by atoms with E-state index in [0.717, 1.165) is 35.6 Å². The topological polar surface area (TPSA) is 115 Å². The first-order valence-corrected chi connectivity index (χ1v) is 17.6. The second kappa shape index (κ2) is 14.2. The summed E-state index contributed by atoms with van der Waals surface area (Å²) in [6.45, 7) is 6.56. The van der Waals surface area contributed by atoms with Crippen LogP contribution in [-0.4, -0.2) is 67.7 Å². The third-order valence-electron chi connectivity index (χ3n) is 9.22. The van der Waals surface area contributed by atoms with Crippen LogP contribution in [0.2, 0.25) is 5.02 Å². The maximum atomic E-state index is 14.3. The number of ether oxygens (including phenoxy) is 1. The average molecular weight is 757 g/mol. The number of nitrogens with one attached hydrogen (secondary N) is 1. The van der Waals surface area contributed by atoms with E-state index in [1.807, 2.05) is 68.4 Å². The Morgan fingerprint density at radius 1 is 1.02 bits per heavy atom. The second-order valence-corrected chi connectivity index (χ2v) is 13.8. The number of halogens is 2. The largest absolute Gasteiger partial charge is 0.375 e. The molecule has 0 radical (unpaired) electrons. The molecule has 256 valence electrons. The third kappa shape index (κ3) is 6.58. The molecule has 1 N–H and O–H groups in total. The summed E-state index contributed by atoms with van der Waals surface area (Å²) in [6, 6.07) is 21.9. The molecule has 3 aromatic carbocycles. The lowest BCUT2D eigenvalue weighted by atomic mass is 10.0. The van der Waals surface area contributed by atoms with Crippen LogP contribution < -0.4 is 15.9 Å². The zero-order valence-electron chi connectivity index (χ0n) is 27.6. The van der Waals surface area contributed by atoms with Crippen LogP contribution in [0.25, 0.3) is 16.9 Å². The second-order valence-electron chi connectivity index (χ2n) is 12.5. The molecule has 1 saturated heterocycles. The monoisotopic (exact) mass is 755 g/mol. The molecule has 1 fully saturated rings. The smallest absolute Gasteiger partial charge is 0.333 e. The first-order chi connectivity index (χ1) is 24.2. The third-order valence-corrected chi connectivity index (χ3v) is 10.4. The molecule has 0 aliphatic carbocycles. The van der Waals surface area contributed by atoms with Crippen molar-refractivity contribution in [1.29, 1.82) is 0 Å². The van der Waals surface area contributed by atoms with Gasteiger partial charge < -0.3 is 19.9 Å². The highest BCUT2D eigenvalue weighted by Gasteiger charge is 2.35. The molecule has 0 saturated carbocycles. The first kappa shape index (κ1) is 33.7. The number of morpholine rings is 1. The molecule has 7 rings (SSSR count). The fraction of sp³-hybridized carbons (Fsp3) is 0.270. The van der Waals surface area contributed by atoms with Crippen molar-refractivity contribution in [2.45, 2.75) is 45.6 Å². The highest BCUT2D eigenvalue weighted by molar-refractivity contribution is 9.10. The van der Waals surface area contributed by atoms with Crippen molar-refractivity contribution in [2.24, 2.45) is 0 Å². The quantitative estimate of drug-likeness (QED) is 0.226. The summed E-state index contributed by atoms with van der Waals surface area (Å²) >= 11 is 9.73. The fourth-order valence-corrected chi connectivity index (χ4v) is 7.08. The van der Waals surface area contributed by atoms with E-state index < -0.39 is 5.91 Å². The summed E-state index contributed by atoms with van der Waals surface area (Å²) in [5, 5.41) is 3.48. The standard InChI is InChI=1S/C37H35BrClN7O4/c1-23-19-45-33(21-44(23)36(48)25-7-12-30(38)31(39)17-25)34(35(47)41-18-26-5-3-4-6-29(26)32-13-14-40-22-42-32)46(37(45)49)28-10-8-27(9-11-28)43-15-16-50-24(2)20-43/h3-14,17,22-24H,15-16,18-21H2,1-2H3,(H,41,47)/t23-,24-/m1/s1. The highest BCUT2D eigenvalue weighted by atomic mass is 79.9. The molecule has 0 unspecified atom stereocenters. The summed E-state index contributed by atoms with van der Waals surface area (Å²) in [5.41, 5.74) is 4.71. The van der Waals surface area contributed by atoms with Gasteiger partial charge in [0.05, 0.1) is 41.4 Å². The van der Waals surface area contributed by atoms with Crippen molar-refractivity contribution >= 4 is 45.0 Å². The number of nitrogens with zero attached hydrogens (tertiary/aromatic N) is 6. The predicted octanol–water partition coefficient (Wildman–Crippen LogP) is 5.71. The van der Waals surface area contributed by atoms with Gasteiger partial charge in [0.2, 0.25) is 0 Å². The van der Waals surface area contributed by atoms with E-state index in [4.69, 9.17) is 16.3 Å². The minimum atomic E-state index is -0.437. The summed E-state index contributed by atoms with van der Waals surface area (Å²) in [5.74, 6) is -0.680. The van der Waals surface area contributed by atoms with E-state index in [-0.39, 0.29) is 49.1 Å². The van der Waals surface area contributed by atoms with Crippen LogP contribution in [0.1, 0.15) is 46.0 Å². The van der Waals surface area contributed by atoms with Crippen molar-refractivity contribution in [1.82, 2.24) is 29.3 Å². The fourth-order valence-electron chi connectivity index (χ4n) is 6.66. The van der Waals surface area contributed by atoms with Crippen molar-refractivity contribution in [3.05, 3.63) is 128 Å². The van der Waals surface area contributed by atoms with Gasteiger partial charge in [-0.2, -0.15) is 0 Å². The number of aromatic nitrogens is 4. The van der Waals surface area contributed by atoms with E-state index in [0.29, 0.717) is 33.0 Å². The van der Waals surface area contributed by atoms with Crippen LogP contribution >= 0.6 is 27.5 Å². The molecule has 2 amide bonds. The van der Waals surface area contributed by atoms with Crippen LogP contribution in [-0.2, 0) is 24.4 Å². The summed E-state index contributed by atoms with van der Waals surface area (Å²) in [6.07, 6.45) is 3.27. The predicted molar refractivity (Wildman–Crippen MR) is 195 cm³/mol. The Bertz CT molecular complexity index is 2120. The molecular weight excluding hydrogens is 722 g/mol. The van der Waals surface area contributed by atoms with Gasteiger partial charge in [-0.3, -0.25) is 18.7 Å². The molecule has 50 heavy (non-hydrogen) atoms. The van der Waals surface area contributed by atoms with Crippen molar-refractivity contribution in [3.63, 3.8) is 0 Å². The number of hydrogen-bond acceptors (Lipinski definition) is 7. The van der Waals surface area contributed by atoms with Gasteiger partial charge in [-0.1, -0.05) is 35.9 Å². The number of carbonyl (C=O) groups excluding carboxylic acids is 2. The molecular formula is C37H35BrClN7O4. The maximum absolute atomic E-state index is 14.3. The summed E-state index contributed by atoms with van der Waals surface area (Å²) in [4.78, 5) is 54.8. The zero-order chi connectivity index (χ0) is 34.9. The number of fused-ring (bicyclic) bond motifs is 1. The Balaban J connectivity index is 1.26. The molecule has 2 aromatic heterocycles. The first-order valence-electron chi connectivity index (χ1n) is 16.4. The number of anilines is 1. The molecule has 2 atom stereocenters. The zero-order valence-corrected chi connectivity index (χ0v) is 29.9. The number of carbonyl (C=O) groups is 2. The Morgan fingerprint density at radius 3 is 2.54 bits per heavy atom. The number of imidazole rings is 1. The van der Waals surface area contributed by atoms with Gasteiger partial charge in [-0.15, -0.1) is 0 Å². The van der Waals surface area contributed by atoms with Crippen LogP contribution in [0.15, 0.2) is 94.6 Å². The lowest BCUT2D eigenvalue weighted by Crippen LogP contribution is -2.47. The highest BCUT2D eigenvalue weighted by Crippen LogP contribution is 2.29. The molecule has 2 aliphatic heterocycles. The average Bonchev–Trinajstić information content (AvgIpc) is 3.42. The van der Waals surface area contributed by atoms with Gasteiger partial charge in [0, 0.05) is 59.7 Å². The van der Waals surface area contributed by atoms with Crippen LogP contribution in [0, 0.1) is 0 Å². The Hall–Kier alpha value is -4.78. The normalized spacial score (nSPS) is 17.4. The number of amides is 2. The van der Waals surface area contributed by atoms with Gasteiger partial charge in [-0.05, 0) is 83.9 Å². The van der Waals surface area contributed by atoms with Crippen LogP contribution in [0.4, 0.5) is 5.69 Å². The van der Waals surface area contributed by atoms with Crippen molar-refractivity contribution < 1.29 is 14.3 Å².